The molecule has 0 heterocycles. The first kappa shape index (κ1) is 20.6. The molecule has 3 amide bonds. The maximum absolute atomic E-state index is 12.7. The van der Waals surface area contributed by atoms with E-state index in [0.29, 0.717) is 6.42 Å². The van der Waals surface area contributed by atoms with E-state index in [2.05, 4.69) is 26.6 Å². The van der Waals surface area contributed by atoms with Crippen molar-refractivity contribution in [1.82, 2.24) is 10.6 Å². The van der Waals surface area contributed by atoms with Crippen LogP contribution in [0.15, 0.2) is 59.1 Å². The molecule has 0 aliphatic rings. The molecule has 0 bridgehead atoms. The summed E-state index contributed by atoms with van der Waals surface area (Å²) in [5.41, 5.74) is 7.22. The predicted octanol–water partition coefficient (Wildman–Crippen LogP) is 1.71. The van der Waals surface area contributed by atoms with Crippen LogP contribution in [0.1, 0.15) is 18.1 Å². The number of hydrogen-bond acceptors (Lipinski definition) is 3. The van der Waals surface area contributed by atoms with Gasteiger partial charge in [-0.05, 0) is 23.3 Å². The highest BCUT2D eigenvalue weighted by Crippen LogP contribution is 2.13. The van der Waals surface area contributed by atoms with Crippen LogP contribution in [0.2, 0.25) is 0 Å². The SMILES string of the molecule is CC(=O)N[C@@H](Cc1ccccc1)C(=O)N[C@@H](Cc1cccc(Br)c1)C(N)=O. The van der Waals surface area contributed by atoms with Crippen LogP contribution in [0.3, 0.4) is 0 Å². The van der Waals surface area contributed by atoms with E-state index in [0.717, 1.165) is 15.6 Å². The zero-order valence-electron chi connectivity index (χ0n) is 14.9. The molecule has 0 aliphatic heterocycles. The molecular weight excluding hydrogens is 410 g/mol. The zero-order valence-corrected chi connectivity index (χ0v) is 16.5. The highest BCUT2D eigenvalue weighted by Gasteiger charge is 2.25. The highest BCUT2D eigenvalue weighted by molar-refractivity contribution is 9.10. The third-order valence-corrected chi connectivity index (χ3v) is 4.46. The Bertz CT molecular complexity index is 811. The van der Waals surface area contributed by atoms with Gasteiger partial charge in [0.05, 0.1) is 0 Å². The molecule has 0 unspecified atom stereocenters. The summed E-state index contributed by atoms with van der Waals surface area (Å²) in [4.78, 5) is 36.1. The molecule has 0 aliphatic carbocycles. The summed E-state index contributed by atoms with van der Waals surface area (Å²) < 4.78 is 0.870. The number of nitrogens with two attached hydrogens (primary N) is 1. The molecule has 0 saturated carbocycles. The third-order valence-electron chi connectivity index (χ3n) is 3.97. The average molecular weight is 432 g/mol. The Morgan fingerprint density at radius 3 is 2.15 bits per heavy atom. The molecule has 0 spiro atoms. The second-order valence-electron chi connectivity index (χ2n) is 6.24. The van der Waals surface area contributed by atoms with Crippen LogP contribution >= 0.6 is 15.9 Å². The van der Waals surface area contributed by atoms with Crippen molar-refractivity contribution in [1.29, 1.82) is 0 Å². The number of halogens is 1. The highest BCUT2D eigenvalue weighted by atomic mass is 79.9. The summed E-state index contributed by atoms with van der Waals surface area (Å²) in [6.07, 6.45) is 0.577. The lowest BCUT2D eigenvalue weighted by molar-refractivity contribution is -0.130. The van der Waals surface area contributed by atoms with Crippen molar-refractivity contribution in [3.8, 4) is 0 Å². The first-order chi connectivity index (χ1) is 12.8. The topological polar surface area (TPSA) is 101 Å². The third kappa shape index (κ3) is 6.86. The summed E-state index contributed by atoms with van der Waals surface area (Å²) in [5.74, 6) is -1.41. The summed E-state index contributed by atoms with van der Waals surface area (Å²) in [6.45, 7) is 1.35. The van der Waals surface area contributed by atoms with Crippen molar-refractivity contribution in [2.75, 3.05) is 0 Å². The van der Waals surface area contributed by atoms with Gasteiger partial charge in [-0.15, -0.1) is 0 Å². The number of rotatable bonds is 8. The van der Waals surface area contributed by atoms with Gasteiger partial charge in [0.25, 0.3) is 0 Å². The lowest BCUT2D eigenvalue weighted by Crippen LogP contribution is -2.54. The fraction of sp³-hybridized carbons (Fsp3) is 0.250. The van der Waals surface area contributed by atoms with Crippen LogP contribution in [-0.4, -0.2) is 29.8 Å². The molecular formula is C20H22BrN3O3. The molecule has 0 fully saturated rings. The van der Waals surface area contributed by atoms with Crippen LogP contribution < -0.4 is 16.4 Å². The molecule has 0 aromatic heterocycles. The smallest absolute Gasteiger partial charge is 0.243 e. The average Bonchev–Trinajstić information content (AvgIpc) is 2.61. The first-order valence-electron chi connectivity index (χ1n) is 8.50. The van der Waals surface area contributed by atoms with E-state index in [4.69, 9.17) is 5.73 Å². The molecule has 7 heteroatoms. The molecule has 2 aromatic rings. The molecule has 0 radical (unpaired) electrons. The Labute approximate surface area is 166 Å². The van der Waals surface area contributed by atoms with Crippen molar-refractivity contribution in [2.24, 2.45) is 5.73 Å². The number of carbonyl (C=O) groups excluding carboxylic acids is 3. The maximum atomic E-state index is 12.7. The van der Waals surface area contributed by atoms with Gasteiger partial charge in [0.15, 0.2) is 0 Å². The molecule has 6 nitrogen and oxygen atoms in total. The molecule has 2 aromatic carbocycles. The van der Waals surface area contributed by atoms with E-state index in [1.807, 2.05) is 54.6 Å². The van der Waals surface area contributed by atoms with E-state index < -0.39 is 23.9 Å². The molecule has 27 heavy (non-hydrogen) atoms. The van der Waals surface area contributed by atoms with E-state index in [9.17, 15) is 14.4 Å². The van der Waals surface area contributed by atoms with Crippen LogP contribution in [0.25, 0.3) is 0 Å². The Balaban J connectivity index is 2.11. The number of primary amides is 1. The summed E-state index contributed by atoms with van der Waals surface area (Å²) in [5, 5.41) is 5.30. The van der Waals surface area contributed by atoms with Gasteiger partial charge in [0.2, 0.25) is 17.7 Å². The lowest BCUT2D eigenvalue weighted by atomic mass is 10.0. The van der Waals surface area contributed by atoms with E-state index in [1.54, 1.807) is 0 Å². The monoisotopic (exact) mass is 431 g/mol. The quantitative estimate of drug-likeness (QED) is 0.592. The van der Waals surface area contributed by atoms with Crippen LogP contribution in [0.5, 0.6) is 0 Å². The van der Waals surface area contributed by atoms with E-state index >= 15 is 0 Å². The number of benzene rings is 2. The Hall–Kier alpha value is -2.67. The minimum Gasteiger partial charge on any atom is -0.368 e. The minimum absolute atomic E-state index is 0.263. The van der Waals surface area contributed by atoms with Crippen LogP contribution in [0.4, 0.5) is 0 Å². The number of nitrogens with one attached hydrogen (secondary N) is 2. The van der Waals surface area contributed by atoms with Gasteiger partial charge < -0.3 is 16.4 Å². The van der Waals surface area contributed by atoms with Crippen molar-refractivity contribution in [3.63, 3.8) is 0 Å². The number of hydrogen-bond donors (Lipinski definition) is 3. The number of amides is 3. The zero-order chi connectivity index (χ0) is 19.8. The van der Waals surface area contributed by atoms with Gasteiger partial charge in [-0.1, -0.05) is 58.4 Å². The molecule has 0 saturated heterocycles. The fourth-order valence-electron chi connectivity index (χ4n) is 2.70. The van der Waals surface area contributed by atoms with Gasteiger partial charge in [-0.3, -0.25) is 14.4 Å². The van der Waals surface area contributed by atoms with Gasteiger partial charge in [0.1, 0.15) is 12.1 Å². The number of carbonyl (C=O) groups is 3. The van der Waals surface area contributed by atoms with Gasteiger partial charge in [-0.25, -0.2) is 0 Å². The normalized spacial score (nSPS) is 12.7. The predicted molar refractivity (Wildman–Crippen MR) is 107 cm³/mol. The summed E-state index contributed by atoms with van der Waals surface area (Å²) in [7, 11) is 0. The Morgan fingerprint density at radius 2 is 1.56 bits per heavy atom. The largest absolute Gasteiger partial charge is 0.368 e. The van der Waals surface area contributed by atoms with Gasteiger partial charge >= 0.3 is 0 Å². The Kier molecular flexibility index (Phi) is 7.55. The first-order valence-corrected chi connectivity index (χ1v) is 9.29. The summed E-state index contributed by atoms with van der Waals surface area (Å²) >= 11 is 3.38. The van der Waals surface area contributed by atoms with Crippen molar-refractivity contribution in [3.05, 3.63) is 70.2 Å². The second-order valence-corrected chi connectivity index (χ2v) is 7.16. The van der Waals surface area contributed by atoms with E-state index in [1.165, 1.54) is 6.92 Å². The maximum Gasteiger partial charge on any atom is 0.243 e. The minimum atomic E-state index is -0.876. The second kappa shape index (κ2) is 9.87. The van der Waals surface area contributed by atoms with Crippen molar-refractivity contribution < 1.29 is 14.4 Å². The fourth-order valence-corrected chi connectivity index (χ4v) is 3.15. The Morgan fingerprint density at radius 1 is 0.926 bits per heavy atom. The molecule has 2 atom stereocenters. The molecule has 2 rings (SSSR count). The van der Waals surface area contributed by atoms with Crippen molar-refractivity contribution in [2.45, 2.75) is 31.8 Å². The molecule has 4 N–H and O–H groups in total. The summed E-state index contributed by atoms with van der Waals surface area (Å²) in [6, 6.07) is 15.1. The van der Waals surface area contributed by atoms with Gasteiger partial charge in [0, 0.05) is 24.2 Å². The molecule has 142 valence electrons. The standard InChI is InChI=1S/C20H22BrN3O3/c1-13(25)23-18(11-14-6-3-2-4-7-14)20(27)24-17(19(22)26)12-15-8-5-9-16(21)10-15/h2-10,17-18H,11-12H2,1H3,(H2,22,26)(H,23,25)(H,24,27)/t17-,18-/m0/s1. The lowest BCUT2D eigenvalue weighted by Gasteiger charge is -2.22. The van der Waals surface area contributed by atoms with Crippen LogP contribution in [-0.2, 0) is 27.2 Å². The van der Waals surface area contributed by atoms with Crippen LogP contribution in [0, 0.1) is 0 Å². The van der Waals surface area contributed by atoms with Gasteiger partial charge in [-0.2, -0.15) is 0 Å². The van der Waals surface area contributed by atoms with E-state index in [-0.39, 0.29) is 12.3 Å². The van der Waals surface area contributed by atoms with Crippen molar-refractivity contribution >= 4 is 33.7 Å².